The van der Waals surface area contributed by atoms with Gasteiger partial charge in [0, 0.05) is 26.2 Å². The van der Waals surface area contributed by atoms with Gasteiger partial charge in [0.1, 0.15) is 29.4 Å². The summed E-state index contributed by atoms with van der Waals surface area (Å²) < 4.78 is 1.40. The molecular weight excluding hydrogens is 516 g/mol. The van der Waals surface area contributed by atoms with Crippen LogP contribution in [0, 0.1) is 0 Å². The summed E-state index contributed by atoms with van der Waals surface area (Å²) in [5.74, 6) is -0.0211. The molecule has 3 heterocycles. The molecule has 0 aromatic carbocycles. The topological polar surface area (TPSA) is 175 Å². The fourth-order valence-electron chi connectivity index (χ4n) is 4.81. The molecule has 0 bridgehead atoms. The summed E-state index contributed by atoms with van der Waals surface area (Å²) in [6.07, 6.45) is 10.7. The molecule has 1 aliphatic rings. The summed E-state index contributed by atoms with van der Waals surface area (Å²) in [4.78, 5) is 67.1. The van der Waals surface area contributed by atoms with Gasteiger partial charge in [-0.25, -0.2) is 19.7 Å². The Morgan fingerprint density at radius 3 is 2.73 bits per heavy atom. The predicted molar refractivity (Wildman–Crippen MR) is 148 cm³/mol. The lowest BCUT2D eigenvalue weighted by molar-refractivity contribution is -0.123. The smallest absolute Gasteiger partial charge is 0.405 e. The van der Waals surface area contributed by atoms with Gasteiger partial charge in [0.15, 0.2) is 5.65 Å². The molecule has 4 N–H and O–H groups in total. The minimum atomic E-state index is -1.38. The average Bonchev–Trinajstić information content (AvgIpc) is 3.35. The van der Waals surface area contributed by atoms with Crippen LogP contribution >= 0.6 is 0 Å². The second kappa shape index (κ2) is 13.0. The van der Waals surface area contributed by atoms with Crippen molar-refractivity contribution >= 4 is 34.8 Å². The number of aromatic amines is 1. The van der Waals surface area contributed by atoms with Gasteiger partial charge in [-0.1, -0.05) is 25.3 Å². The van der Waals surface area contributed by atoms with Gasteiger partial charge < -0.3 is 30.2 Å². The zero-order valence-corrected chi connectivity index (χ0v) is 22.6. The number of hydrogen-bond acceptors (Lipinski definition) is 7. The zero-order valence-electron chi connectivity index (χ0n) is 22.6. The summed E-state index contributed by atoms with van der Waals surface area (Å²) in [6, 6.07) is 1.94. The quantitative estimate of drug-likeness (QED) is 0.279. The van der Waals surface area contributed by atoms with E-state index in [0.29, 0.717) is 17.4 Å². The number of hydrogen-bond donors (Lipinski definition) is 4. The highest BCUT2D eigenvalue weighted by Crippen LogP contribution is 2.33. The number of carbonyl (C=O) groups excluding carboxylic acids is 2. The number of anilines is 1. The summed E-state index contributed by atoms with van der Waals surface area (Å²) >= 11 is 0. The number of amides is 3. The Hall–Kier alpha value is -4.55. The first-order valence-electron chi connectivity index (χ1n) is 13.3. The molecule has 1 aliphatic carbocycles. The lowest BCUT2D eigenvalue weighted by Gasteiger charge is -2.20. The number of fused-ring (bicyclic) bond motifs is 1. The molecule has 3 aromatic rings. The van der Waals surface area contributed by atoms with Crippen molar-refractivity contribution in [3.63, 3.8) is 0 Å². The number of nitrogens with zero attached hydrogens (tertiary/aromatic N) is 5. The minimum absolute atomic E-state index is 0.00168. The molecule has 0 unspecified atom stereocenters. The molecule has 13 heteroatoms. The van der Waals surface area contributed by atoms with Crippen LogP contribution in [0.2, 0.25) is 0 Å². The number of aromatic nitrogens is 5. The molecule has 0 aliphatic heterocycles. The van der Waals surface area contributed by atoms with Crippen molar-refractivity contribution in [1.82, 2.24) is 34.7 Å². The first-order chi connectivity index (χ1) is 19.2. The van der Waals surface area contributed by atoms with Crippen molar-refractivity contribution in [1.29, 1.82) is 0 Å². The zero-order chi connectivity index (χ0) is 28.6. The number of H-pyrrole nitrogens is 1. The van der Waals surface area contributed by atoms with Crippen LogP contribution < -0.4 is 16.2 Å². The van der Waals surface area contributed by atoms with Gasteiger partial charge in [0.25, 0.3) is 5.56 Å². The van der Waals surface area contributed by atoms with E-state index < -0.39 is 23.6 Å². The first-order valence-corrected chi connectivity index (χ1v) is 13.3. The van der Waals surface area contributed by atoms with Crippen LogP contribution in [0.4, 0.5) is 10.5 Å². The first kappa shape index (κ1) is 28.5. The van der Waals surface area contributed by atoms with Crippen LogP contribution in [0.25, 0.3) is 11.2 Å². The Kier molecular flexibility index (Phi) is 9.25. The molecule has 0 radical (unpaired) electrons. The van der Waals surface area contributed by atoms with Crippen LogP contribution in [0.5, 0.6) is 0 Å². The van der Waals surface area contributed by atoms with E-state index >= 15 is 0 Å². The fraction of sp³-hybridized carbons (Fsp3) is 0.444. The van der Waals surface area contributed by atoms with Gasteiger partial charge in [-0.2, -0.15) is 0 Å². The highest BCUT2D eigenvalue weighted by Gasteiger charge is 2.23. The minimum Gasteiger partial charge on any atom is -0.465 e. The summed E-state index contributed by atoms with van der Waals surface area (Å²) in [6.45, 7) is 0.116. The lowest BCUT2D eigenvalue weighted by atomic mass is 9.86. The van der Waals surface area contributed by atoms with E-state index in [1.54, 1.807) is 32.4 Å². The molecule has 3 amide bonds. The molecule has 13 nitrogen and oxygen atoms in total. The van der Waals surface area contributed by atoms with Gasteiger partial charge in [-0.15, -0.1) is 0 Å². The molecule has 0 spiro atoms. The number of likely N-dealkylation sites (N-methyl/N-ethyl adjacent to an activating group) is 1. The van der Waals surface area contributed by atoms with Crippen LogP contribution in [-0.2, 0) is 16.1 Å². The van der Waals surface area contributed by atoms with E-state index in [1.807, 2.05) is 0 Å². The highest BCUT2D eigenvalue weighted by atomic mass is 16.4. The third-order valence-corrected chi connectivity index (χ3v) is 6.89. The number of carboxylic acid groups (broad SMARTS) is 1. The second-order valence-corrected chi connectivity index (χ2v) is 10.0. The number of pyridine rings is 1. The predicted octanol–water partition coefficient (Wildman–Crippen LogP) is 2.61. The van der Waals surface area contributed by atoms with Gasteiger partial charge in [-0.05, 0) is 43.9 Å². The van der Waals surface area contributed by atoms with Crippen molar-refractivity contribution < 1.29 is 19.5 Å². The monoisotopic (exact) mass is 550 g/mol. The largest absolute Gasteiger partial charge is 0.465 e. The van der Waals surface area contributed by atoms with E-state index in [1.165, 1.54) is 47.2 Å². The molecule has 1 fully saturated rings. The summed E-state index contributed by atoms with van der Waals surface area (Å²) in [5.41, 5.74) is 1.81. The number of imidazole rings is 1. The van der Waals surface area contributed by atoms with Crippen molar-refractivity contribution in [2.75, 3.05) is 19.4 Å². The third-order valence-electron chi connectivity index (χ3n) is 6.89. The Morgan fingerprint density at radius 1 is 1.23 bits per heavy atom. The Balaban J connectivity index is 1.47. The van der Waals surface area contributed by atoms with E-state index in [2.05, 4.69) is 30.6 Å². The lowest BCUT2D eigenvalue weighted by Crippen LogP contribution is -2.44. The van der Waals surface area contributed by atoms with Crippen molar-refractivity contribution in [2.24, 2.45) is 0 Å². The summed E-state index contributed by atoms with van der Waals surface area (Å²) in [7, 11) is 3.22. The number of carbonyl (C=O) groups is 3. The van der Waals surface area contributed by atoms with Gasteiger partial charge >= 0.3 is 6.09 Å². The number of rotatable bonds is 10. The number of nitrogens with one attached hydrogen (secondary N) is 3. The maximum atomic E-state index is 13.2. The van der Waals surface area contributed by atoms with Crippen LogP contribution in [0.3, 0.4) is 0 Å². The molecule has 3 aromatic heterocycles. The molecule has 4 rings (SSSR count). The van der Waals surface area contributed by atoms with Gasteiger partial charge in [0.2, 0.25) is 11.8 Å². The normalized spacial score (nSPS) is 14.8. The average molecular weight is 551 g/mol. The van der Waals surface area contributed by atoms with Crippen molar-refractivity contribution in [3.05, 3.63) is 58.7 Å². The molecule has 0 saturated heterocycles. The van der Waals surface area contributed by atoms with Crippen LogP contribution in [0.1, 0.15) is 62.4 Å². The van der Waals surface area contributed by atoms with Crippen LogP contribution in [0.15, 0.2) is 41.6 Å². The van der Waals surface area contributed by atoms with Crippen molar-refractivity contribution in [2.45, 2.75) is 63.5 Å². The van der Waals surface area contributed by atoms with Gasteiger partial charge in [-0.3, -0.25) is 14.4 Å². The molecular formula is C27H34N8O5. The summed E-state index contributed by atoms with van der Waals surface area (Å²) in [5, 5.41) is 13.9. The van der Waals surface area contributed by atoms with E-state index in [-0.39, 0.29) is 31.0 Å². The fourth-order valence-corrected chi connectivity index (χ4v) is 4.81. The van der Waals surface area contributed by atoms with E-state index in [4.69, 9.17) is 0 Å². The van der Waals surface area contributed by atoms with Crippen LogP contribution in [-0.4, -0.2) is 72.6 Å². The molecule has 40 heavy (non-hydrogen) atoms. The van der Waals surface area contributed by atoms with E-state index in [9.17, 15) is 24.3 Å². The van der Waals surface area contributed by atoms with Gasteiger partial charge in [0.05, 0.1) is 12.2 Å². The second-order valence-electron chi connectivity index (χ2n) is 10.0. The SMILES string of the molecule is CN(C)C(=O)/C=C/CC[C@H](NC(=O)O)C(=O)Nc1cccn(Cc2nc3ncnc(C4CCCCC4)c3[nH]2)c1=O. The standard InChI is InChI=1S/C27H34N8O5/c1-34(2)21(36)13-7-6-11-18(31-27(39)40)25(37)30-19-12-8-14-35(26(19)38)15-20-32-23-22(17-9-4-3-5-10-17)28-16-29-24(23)33-20/h7-8,12-14,16-18,31H,3-6,9-11,15H2,1-2H3,(H,30,37)(H,39,40)(H,28,29,32,33)/b13-7+/t18-/m0/s1. The Morgan fingerprint density at radius 2 is 2.00 bits per heavy atom. The molecule has 1 saturated carbocycles. The maximum Gasteiger partial charge on any atom is 0.405 e. The third kappa shape index (κ3) is 7.10. The Bertz CT molecular complexity index is 1450. The maximum absolute atomic E-state index is 13.2. The molecule has 212 valence electrons. The Labute approximate surface area is 230 Å². The highest BCUT2D eigenvalue weighted by molar-refractivity contribution is 5.96. The van der Waals surface area contributed by atoms with Crippen molar-refractivity contribution in [3.8, 4) is 0 Å². The number of allylic oxidation sites excluding steroid dienone is 1. The van der Waals surface area contributed by atoms with E-state index in [0.717, 1.165) is 24.1 Å². The molecule has 1 atom stereocenters.